The summed E-state index contributed by atoms with van der Waals surface area (Å²) >= 11 is 0. The van der Waals surface area contributed by atoms with Crippen LogP contribution in [0.2, 0.25) is 0 Å². The van der Waals surface area contributed by atoms with Crippen LogP contribution in [0, 0.1) is 0 Å². The van der Waals surface area contributed by atoms with Crippen LogP contribution in [0.1, 0.15) is 26.2 Å². The fourth-order valence-corrected chi connectivity index (χ4v) is 1.87. The lowest BCUT2D eigenvalue weighted by Gasteiger charge is -2.19. The molecule has 0 bridgehead atoms. The molecule has 0 spiro atoms. The van der Waals surface area contributed by atoms with Crippen LogP contribution in [0.4, 0.5) is 4.79 Å². The SMILES string of the molecule is CCOC(=O)N[C@H]1CC[C@H]2O[C@H]2C1. The number of carbonyl (C=O) groups excluding carboxylic acids is 1. The monoisotopic (exact) mass is 185 g/mol. The average molecular weight is 185 g/mol. The molecule has 2 aliphatic rings. The van der Waals surface area contributed by atoms with E-state index in [0.29, 0.717) is 18.8 Å². The van der Waals surface area contributed by atoms with E-state index < -0.39 is 0 Å². The molecule has 4 nitrogen and oxygen atoms in total. The summed E-state index contributed by atoms with van der Waals surface area (Å²) in [5.41, 5.74) is 0. The van der Waals surface area contributed by atoms with E-state index in [1.165, 1.54) is 0 Å². The van der Waals surface area contributed by atoms with Gasteiger partial charge in [0.15, 0.2) is 0 Å². The van der Waals surface area contributed by atoms with Crippen LogP contribution in [0.25, 0.3) is 0 Å². The van der Waals surface area contributed by atoms with E-state index in [0.717, 1.165) is 19.3 Å². The Morgan fingerprint density at radius 1 is 1.54 bits per heavy atom. The minimum atomic E-state index is -0.299. The van der Waals surface area contributed by atoms with Crippen molar-refractivity contribution in [3.05, 3.63) is 0 Å². The summed E-state index contributed by atoms with van der Waals surface area (Å²) in [5.74, 6) is 0. The molecule has 1 aliphatic heterocycles. The van der Waals surface area contributed by atoms with Gasteiger partial charge in [0.05, 0.1) is 18.8 Å². The minimum Gasteiger partial charge on any atom is -0.450 e. The second-order valence-corrected chi connectivity index (χ2v) is 3.59. The van der Waals surface area contributed by atoms with Gasteiger partial charge in [-0.15, -0.1) is 0 Å². The van der Waals surface area contributed by atoms with Gasteiger partial charge in [0.25, 0.3) is 0 Å². The quantitative estimate of drug-likeness (QED) is 0.654. The molecule has 0 aromatic heterocycles. The Balaban J connectivity index is 1.71. The molecular weight excluding hydrogens is 170 g/mol. The zero-order chi connectivity index (χ0) is 9.26. The lowest BCUT2D eigenvalue weighted by Crippen LogP contribution is -2.38. The molecule has 0 aromatic carbocycles. The number of alkyl carbamates (subject to hydrolysis) is 1. The Hall–Kier alpha value is -0.770. The highest BCUT2D eigenvalue weighted by molar-refractivity contribution is 5.67. The van der Waals surface area contributed by atoms with Crippen molar-refractivity contribution in [3.8, 4) is 0 Å². The van der Waals surface area contributed by atoms with Crippen molar-refractivity contribution in [1.29, 1.82) is 0 Å². The Kier molecular flexibility index (Phi) is 2.40. The Bertz CT molecular complexity index is 207. The Morgan fingerprint density at radius 2 is 2.38 bits per heavy atom. The summed E-state index contributed by atoms with van der Waals surface area (Å²) in [6, 6.07) is 0.253. The molecule has 1 saturated carbocycles. The van der Waals surface area contributed by atoms with E-state index >= 15 is 0 Å². The zero-order valence-corrected chi connectivity index (χ0v) is 7.79. The number of hydrogen-bond acceptors (Lipinski definition) is 3. The lowest BCUT2D eigenvalue weighted by atomic mass is 9.96. The summed E-state index contributed by atoms with van der Waals surface area (Å²) < 4.78 is 10.2. The zero-order valence-electron chi connectivity index (χ0n) is 7.79. The number of rotatable bonds is 2. The van der Waals surface area contributed by atoms with E-state index in [-0.39, 0.29) is 12.1 Å². The van der Waals surface area contributed by atoms with Crippen molar-refractivity contribution in [3.63, 3.8) is 0 Å². The molecule has 0 unspecified atom stereocenters. The summed E-state index contributed by atoms with van der Waals surface area (Å²) in [6.45, 7) is 2.24. The van der Waals surface area contributed by atoms with Crippen LogP contribution in [-0.4, -0.2) is 30.9 Å². The van der Waals surface area contributed by atoms with E-state index in [4.69, 9.17) is 9.47 Å². The second kappa shape index (κ2) is 3.54. The molecule has 1 N–H and O–H groups in total. The van der Waals surface area contributed by atoms with E-state index in [1.807, 2.05) is 0 Å². The molecule has 0 aromatic rings. The van der Waals surface area contributed by atoms with Gasteiger partial charge in [0, 0.05) is 6.04 Å². The molecule has 74 valence electrons. The molecule has 1 amide bonds. The number of hydrogen-bond donors (Lipinski definition) is 1. The first-order valence-electron chi connectivity index (χ1n) is 4.88. The number of carbonyl (C=O) groups is 1. The van der Waals surface area contributed by atoms with Gasteiger partial charge in [-0.3, -0.25) is 0 Å². The van der Waals surface area contributed by atoms with Crippen molar-refractivity contribution in [2.24, 2.45) is 0 Å². The normalized spacial score (nSPS) is 36.2. The molecule has 0 radical (unpaired) electrons. The summed E-state index contributed by atoms with van der Waals surface area (Å²) in [6.07, 6.45) is 3.62. The molecule has 3 atom stereocenters. The van der Waals surface area contributed by atoms with Crippen molar-refractivity contribution in [1.82, 2.24) is 5.32 Å². The van der Waals surface area contributed by atoms with Gasteiger partial charge >= 0.3 is 6.09 Å². The molecule has 1 aliphatic carbocycles. The highest BCUT2D eigenvalue weighted by atomic mass is 16.6. The van der Waals surface area contributed by atoms with Gasteiger partial charge < -0.3 is 14.8 Å². The molecular formula is C9H15NO3. The number of nitrogens with one attached hydrogen (secondary N) is 1. The predicted molar refractivity (Wildman–Crippen MR) is 46.5 cm³/mol. The first kappa shape index (κ1) is 8.81. The maximum atomic E-state index is 11.1. The second-order valence-electron chi connectivity index (χ2n) is 3.59. The number of amides is 1. The van der Waals surface area contributed by atoms with Crippen LogP contribution in [0.5, 0.6) is 0 Å². The van der Waals surface area contributed by atoms with Gasteiger partial charge in [-0.25, -0.2) is 4.79 Å². The number of fused-ring (bicyclic) bond motifs is 1. The molecule has 13 heavy (non-hydrogen) atoms. The Morgan fingerprint density at radius 3 is 3.08 bits per heavy atom. The Labute approximate surface area is 77.6 Å². The van der Waals surface area contributed by atoms with Crippen LogP contribution in [0.3, 0.4) is 0 Å². The summed E-state index contributed by atoms with van der Waals surface area (Å²) in [4.78, 5) is 11.1. The molecule has 1 saturated heterocycles. The minimum absolute atomic E-state index is 0.253. The van der Waals surface area contributed by atoms with E-state index in [1.54, 1.807) is 6.92 Å². The van der Waals surface area contributed by atoms with Gasteiger partial charge in [0.1, 0.15) is 0 Å². The third-order valence-corrected chi connectivity index (χ3v) is 2.60. The smallest absolute Gasteiger partial charge is 0.407 e. The average Bonchev–Trinajstić information content (AvgIpc) is 2.82. The van der Waals surface area contributed by atoms with Crippen LogP contribution in [0.15, 0.2) is 0 Å². The van der Waals surface area contributed by atoms with Crippen molar-refractivity contribution in [2.45, 2.75) is 44.4 Å². The number of ether oxygens (including phenoxy) is 2. The highest BCUT2D eigenvalue weighted by Crippen LogP contribution is 2.36. The van der Waals surface area contributed by atoms with Gasteiger partial charge in [-0.1, -0.05) is 0 Å². The third-order valence-electron chi connectivity index (χ3n) is 2.60. The van der Waals surface area contributed by atoms with Crippen LogP contribution >= 0.6 is 0 Å². The maximum Gasteiger partial charge on any atom is 0.407 e. The fraction of sp³-hybridized carbons (Fsp3) is 0.889. The van der Waals surface area contributed by atoms with Gasteiger partial charge in [-0.2, -0.15) is 0 Å². The maximum absolute atomic E-state index is 11.1. The van der Waals surface area contributed by atoms with E-state index in [2.05, 4.69) is 5.32 Å². The largest absolute Gasteiger partial charge is 0.450 e. The molecule has 2 rings (SSSR count). The van der Waals surface area contributed by atoms with Crippen LogP contribution < -0.4 is 5.32 Å². The van der Waals surface area contributed by atoms with Gasteiger partial charge in [-0.05, 0) is 26.2 Å². The lowest BCUT2D eigenvalue weighted by molar-refractivity contribution is 0.146. The molecule has 1 heterocycles. The van der Waals surface area contributed by atoms with Crippen LogP contribution in [-0.2, 0) is 9.47 Å². The fourth-order valence-electron chi connectivity index (χ4n) is 1.87. The summed E-state index contributed by atoms with van der Waals surface area (Å²) in [7, 11) is 0. The van der Waals surface area contributed by atoms with Crippen molar-refractivity contribution in [2.75, 3.05) is 6.61 Å². The van der Waals surface area contributed by atoms with Crippen molar-refractivity contribution >= 4 is 6.09 Å². The molecule has 4 heteroatoms. The highest BCUT2D eigenvalue weighted by Gasteiger charge is 2.44. The van der Waals surface area contributed by atoms with Gasteiger partial charge in [0.2, 0.25) is 0 Å². The van der Waals surface area contributed by atoms with E-state index in [9.17, 15) is 4.79 Å². The third kappa shape index (κ3) is 2.12. The summed E-state index contributed by atoms with van der Waals surface area (Å²) in [5, 5.41) is 2.84. The predicted octanol–water partition coefficient (Wildman–Crippen LogP) is 1.05. The topological polar surface area (TPSA) is 50.9 Å². The standard InChI is InChI=1S/C9H15NO3/c1-2-12-9(11)10-6-3-4-7-8(5-6)13-7/h6-8H,2-5H2,1H3,(H,10,11)/t6-,7+,8-/m0/s1. The first-order chi connectivity index (χ1) is 6.29. The molecule has 2 fully saturated rings. The first-order valence-corrected chi connectivity index (χ1v) is 4.88. The number of epoxide rings is 1. The van der Waals surface area contributed by atoms with Crippen molar-refractivity contribution < 1.29 is 14.3 Å².